The van der Waals surface area contributed by atoms with Gasteiger partial charge in [0.1, 0.15) is 5.75 Å². The first kappa shape index (κ1) is 19.0. The van der Waals surface area contributed by atoms with E-state index in [1.54, 1.807) is 17.8 Å². The van der Waals surface area contributed by atoms with Crippen molar-refractivity contribution >= 4 is 28.2 Å². The number of nitrogens with zero attached hydrogens (tertiary/aromatic N) is 5. The SMILES string of the molecule is COc1ccc(Cc2cnc(NC(=O)Cc3nc4nc(C)cc(C)n4n3)s2)cc1. The van der Waals surface area contributed by atoms with Crippen LogP contribution in [-0.2, 0) is 17.6 Å². The summed E-state index contributed by atoms with van der Waals surface area (Å²) in [6.45, 7) is 3.83. The number of fused-ring (bicyclic) bond motifs is 1. The fraction of sp³-hybridized carbons (Fsp3) is 0.250. The molecule has 1 aromatic carbocycles. The first-order valence-electron chi connectivity index (χ1n) is 9.07. The number of aromatic nitrogens is 5. The number of ether oxygens (including phenoxy) is 1. The number of rotatable bonds is 6. The van der Waals surface area contributed by atoms with E-state index in [1.807, 2.05) is 44.2 Å². The molecule has 0 fully saturated rings. The maximum atomic E-state index is 12.4. The zero-order valence-electron chi connectivity index (χ0n) is 16.3. The van der Waals surface area contributed by atoms with Crippen molar-refractivity contribution in [2.45, 2.75) is 26.7 Å². The first-order valence-corrected chi connectivity index (χ1v) is 9.89. The molecule has 1 N–H and O–H groups in total. The van der Waals surface area contributed by atoms with Gasteiger partial charge in [-0.2, -0.15) is 4.98 Å². The van der Waals surface area contributed by atoms with Gasteiger partial charge in [-0.1, -0.05) is 12.1 Å². The number of thiazole rings is 1. The summed E-state index contributed by atoms with van der Waals surface area (Å²) in [6.07, 6.45) is 2.59. The van der Waals surface area contributed by atoms with Gasteiger partial charge in [0.25, 0.3) is 5.78 Å². The lowest BCUT2D eigenvalue weighted by molar-refractivity contribution is -0.115. The lowest BCUT2D eigenvalue weighted by Crippen LogP contribution is -2.15. The average molecular weight is 408 g/mol. The minimum Gasteiger partial charge on any atom is -0.497 e. The van der Waals surface area contributed by atoms with Crippen molar-refractivity contribution in [3.63, 3.8) is 0 Å². The third-order valence-corrected chi connectivity index (χ3v) is 5.23. The molecule has 0 saturated heterocycles. The molecule has 3 aromatic heterocycles. The van der Waals surface area contributed by atoms with Gasteiger partial charge in [-0.15, -0.1) is 16.4 Å². The highest BCUT2D eigenvalue weighted by atomic mass is 32.1. The summed E-state index contributed by atoms with van der Waals surface area (Å²) in [5, 5.41) is 7.75. The monoisotopic (exact) mass is 408 g/mol. The highest BCUT2D eigenvalue weighted by Crippen LogP contribution is 2.22. The highest BCUT2D eigenvalue weighted by molar-refractivity contribution is 7.15. The second-order valence-corrected chi connectivity index (χ2v) is 7.78. The van der Waals surface area contributed by atoms with E-state index in [0.29, 0.717) is 16.7 Å². The van der Waals surface area contributed by atoms with Crippen LogP contribution in [0.4, 0.5) is 5.13 Å². The second-order valence-electron chi connectivity index (χ2n) is 6.66. The second kappa shape index (κ2) is 7.96. The van der Waals surface area contributed by atoms with Crippen LogP contribution >= 0.6 is 11.3 Å². The molecule has 1 amide bonds. The van der Waals surface area contributed by atoms with Crippen LogP contribution in [-0.4, -0.2) is 37.6 Å². The van der Waals surface area contributed by atoms with Crippen LogP contribution in [0.5, 0.6) is 5.75 Å². The zero-order valence-corrected chi connectivity index (χ0v) is 17.2. The zero-order chi connectivity index (χ0) is 20.4. The number of aryl methyl sites for hydroxylation is 2. The van der Waals surface area contributed by atoms with Gasteiger partial charge in [0.2, 0.25) is 5.91 Å². The molecule has 148 valence electrons. The van der Waals surface area contributed by atoms with Crippen molar-refractivity contribution in [1.82, 2.24) is 24.6 Å². The van der Waals surface area contributed by atoms with Crippen molar-refractivity contribution in [3.8, 4) is 5.75 Å². The Hall–Kier alpha value is -3.33. The van der Waals surface area contributed by atoms with Crippen LogP contribution in [0, 0.1) is 13.8 Å². The van der Waals surface area contributed by atoms with Crippen LogP contribution in [0.2, 0.25) is 0 Å². The molecular weight excluding hydrogens is 388 g/mol. The van der Waals surface area contributed by atoms with E-state index in [2.05, 4.69) is 25.4 Å². The van der Waals surface area contributed by atoms with Gasteiger partial charge in [-0.25, -0.2) is 14.5 Å². The Bertz CT molecular complexity index is 1170. The average Bonchev–Trinajstić information content (AvgIpc) is 3.28. The number of anilines is 1. The van der Waals surface area contributed by atoms with Crippen LogP contribution in [0.25, 0.3) is 5.78 Å². The topological polar surface area (TPSA) is 94.3 Å². The Morgan fingerprint density at radius 3 is 2.76 bits per heavy atom. The minimum atomic E-state index is -0.208. The number of benzene rings is 1. The Kier molecular flexibility index (Phi) is 5.22. The summed E-state index contributed by atoms with van der Waals surface area (Å²) in [7, 11) is 1.65. The smallest absolute Gasteiger partial charge is 0.252 e. The molecule has 0 unspecified atom stereocenters. The molecule has 3 heterocycles. The van der Waals surface area contributed by atoms with Crippen molar-refractivity contribution in [3.05, 3.63) is 64.2 Å². The van der Waals surface area contributed by atoms with Gasteiger partial charge in [0.05, 0.1) is 13.5 Å². The van der Waals surface area contributed by atoms with E-state index in [4.69, 9.17) is 4.74 Å². The fourth-order valence-corrected chi connectivity index (χ4v) is 3.84. The molecule has 0 radical (unpaired) electrons. The quantitative estimate of drug-likeness (QED) is 0.527. The molecule has 29 heavy (non-hydrogen) atoms. The number of hydrogen-bond donors (Lipinski definition) is 1. The first-order chi connectivity index (χ1) is 14.0. The number of hydrogen-bond acceptors (Lipinski definition) is 7. The molecule has 4 rings (SSSR count). The molecule has 0 spiro atoms. The van der Waals surface area contributed by atoms with Crippen LogP contribution in [0.15, 0.2) is 36.5 Å². The lowest BCUT2D eigenvalue weighted by Gasteiger charge is -2.01. The molecule has 0 saturated carbocycles. The van der Waals surface area contributed by atoms with Gasteiger partial charge in [0, 0.05) is 28.9 Å². The third-order valence-electron chi connectivity index (χ3n) is 4.32. The van der Waals surface area contributed by atoms with E-state index in [-0.39, 0.29) is 12.3 Å². The summed E-state index contributed by atoms with van der Waals surface area (Å²) in [5.41, 5.74) is 2.94. The van der Waals surface area contributed by atoms with Gasteiger partial charge in [-0.3, -0.25) is 4.79 Å². The van der Waals surface area contributed by atoms with Crippen LogP contribution in [0.3, 0.4) is 0 Å². The number of amides is 1. The molecule has 4 aromatic rings. The van der Waals surface area contributed by atoms with Gasteiger partial charge in [-0.05, 0) is 37.6 Å². The minimum absolute atomic E-state index is 0.0647. The van der Waals surface area contributed by atoms with Crippen molar-refractivity contribution in [2.75, 3.05) is 12.4 Å². The summed E-state index contributed by atoms with van der Waals surface area (Å²) < 4.78 is 6.82. The maximum Gasteiger partial charge on any atom is 0.252 e. The molecule has 9 heteroatoms. The summed E-state index contributed by atoms with van der Waals surface area (Å²) in [6, 6.07) is 9.82. The summed E-state index contributed by atoms with van der Waals surface area (Å²) in [4.78, 5) is 26.4. The van der Waals surface area contributed by atoms with E-state index < -0.39 is 0 Å². The molecule has 0 aliphatic heterocycles. The van der Waals surface area contributed by atoms with E-state index in [9.17, 15) is 4.79 Å². The molecule has 8 nitrogen and oxygen atoms in total. The third kappa shape index (κ3) is 4.40. The van der Waals surface area contributed by atoms with Crippen LogP contribution < -0.4 is 10.1 Å². The summed E-state index contributed by atoms with van der Waals surface area (Å²) in [5.74, 6) is 1.55. The largest absolute Gasteiger partial charge is 0.497 e. The highest BCUT2D eigenvalue weighted by Gasteiger charge is 2.13. The predicted molar refractivity (Wildman–Crippen MR) is 111 cm³/mol. The van der Waals surface area contributed by atoms with Crippen molar-refractivity contribution in [2.24, 2.45) is 0 Å². The van der Waals surface area contributed by atoms with Gasteiger partial charge >= 0.3 is 0 Å². The number of nitrogens with one attached hydrogen (secondary N) is 1. The number of carbonyl (C=O) groups is 1. The van der Waals surface area contributed by atoms with Gasteiger partial charge in [0.15, 0.2) is 11.0 Å². The molecule has 0 bridgehead atoms. The van der Waals surface area contributed by atoms with Crippen molar-refractivity contribution in [1.29, 1.82) is 0 Å². The van der Waals surface area contributed by atoms with E-state index in [0.717, 1.165) is 34.0 Å². The van der Waals surface area contributed by atoms with E-state index in [1.165, 1.54) is 11.3 Å². The van der Waals surface area contributed by atoms with E-state index >= 15 is 0 Å². The molecule has 0 aliphatic rings. The van der Waals surface area contributed by atoms with Crippen LogP contribution in [0.1, 0.15) is 27.7 Å². The maximum absolute atomic E-state index is 12.4. The predicted octanol–water partition coefficient (Wildman–Crippen LogP) is 2.98. The molecular formula is C20H20N6O2S. The standard InChI is InChI=1S/C20H20N6O2S/c1-12-8-13(2)26-19(22-12)23-17(25-26)10-18(27)24-20-21-11-16(29-20)9-14-4-6-15(28-3)7-5-14/h4-8,11H,9-10H2,1-3H3,(H,21,24,27). The molecule has 0 aliphatic carbocycles. The van der Waals surface area contributed by atoms with Crippen molar-refractivity contribution < 1.29 is 9.53 Å². The van der Waals surface area contributed by atoms with Gasteiger partial charge < -0.3 is 10.1 Å². The lowest BCUT2D eigenvalue weighted by atomic mass is 10.1. The number of carbonyl (C=O) groups excluding carboxylic acids is 1. The summed E-state index contributed by atoms with van der Waals surface area (Å²) >= 11 is 1.45. The normalized spacial score (nSPS) is 11.0. The Balaban J connectivity index is 1.39. The Morgan fingerprint density at radius 1 is 1.21 bits per heavy atom. The Labute approximate surface area is 171 Å². The number of methoxy groups -OCH3 is 1. The Morgan fingerprint density at radius 2 is 2.00 bits per heavy atom. The fourth-order valence-electron chi connectivity index (χ4n) is 2.98. The molecule has 0 atom stereocenters.